The topological polar surface area (TPSA) is 45.8 Å². The molecule has 5 heteroatoms. The molecule has 1 unspecified atom stereocenters. The molecule has 1 aromatic heterocycles. The Hall–Kier alpha value is -2.27. The van der Waals surface area contributed by atoms with Crippen molar-refractivity contribution in [2.75, 3.05) is 13.2 Å². The van der Waals surface area contributed by atoms with Crippen molar-refractivity contribution in [1.82, 2.24) is 4.90 Å². The van der Waals surface area contributed by atoms with E-state index >= 15 is 0 Å². The standard InChI is InChI=1S/C22H24ClNO3/c1-17-8-10-20(11-9-17)27-16-19(25)14-24(15-21-6-4-12-26-21)13-18-5-2-3-7-22(18)23/h2-12,19,25H,13-16H2,1H3. The van der Waals surface area contributed by atoms with Crippen molar-refractivity contribution in [2.24, 2.45) is 0 Å². The number of halogens is 1. The fraction of sp³-hybridized carbons (Fsp3) is 0.273. The van der Waals surface area contributed by atoms with Crippen LogP contribution in [0.2, 0.25) is 5.02 Å². The van der Waals surface area contributed by atoms with Crippen LogP contribution in [-0.2, 0) is 13.1 Å². The van der Waals surface area contributed by atoms with Gasteiger partial charge >= 0.3 is 0 Å². The quantitative estimate of drug-likeness (QED) is 0.580. The third-order valence-corrected chi connectivity index (χ3v) is 4.61. The fourth-order valence-electron chi connectivity index (χ4n) is 2.85. The molecule has 3 aromatic rings. The molecule has 0 radical (unpaired) electrons. The molecule has 1 atom stereocenters. The summed E-state index contributed by atoms with van der Waals surface area (Å²) in [4.78, 5) is 2.10. The van der Waals surface area contributed by atoms with Gasteiger partial charge in [0.2, 0.25) is 0 Å². The molecule has 0 saturated heterocycles. The lowest BCUT2D eigenvalue weighted by Crippen LogP contribution is -2.35. The predicted molar refractivity (Wildman–Crippen MR) is 107 cm³/mol. The molecule has 1 heterocycles. The van der Waals surface area contributed by atoms with Crippen LogP contribution in [-0.4, -0.2) is 29.3 Å². The normalized spacial score (nSPS) is 12.3. The van der Waals surface area contributed by atoms with E-state index in [0.29, 0.717) is 24.7 Å². The van der Waals surface area contributed by atoms with Gasteiger partial charge in [-0.15, -0.1) is 0 Å². The second kappa shape index (κ2) is 9.60. The number of aryl methyl sites for hydroxylation is 1. The molecule has 142 valence electrons. The van der Waals surface area contributed by atoms with Crippen LogP contribution >= 0.6 is 11.6 Å². The summed E-state index contributed by atoms with van der Waals surface area (Å²) >= 11 is 6.30. The highest BCUT2D eigenvalue weighted by atomic mass is 35.5. The maximum Gasteiger partial charge on any atom is 0.119 e. The van der Waals surface area contributed by atoms with Crippen molar-refractivity contribution in [3.05, 3.63) is 88.8 Å². The van der Waals surface area contributed by atoms with Gasteiger partial charge < -0.3 is 14.3 Å². The Labute approximate surface area is 165 Å². The Balaban J connectivity index is 1.61. The number of benzene rings is 2. The van der Waals surface area contributed by atoms with Crippen molar-refractivity contribution in [3.63, 3.8) is 0 Å². The van der Waals surface area contributed by atoms with Crippen LogP contribution in [0.4, 0.5) is 0 Å². The first-order chi connectivity index (χ1) is 13.1. The fourth-order valence-corrected chi connectivity index (χ4v) is 3.05. The number of rotatable bonds is 9. The molecular weight excluding hydrogens is 362 g/mol. The molecule has 4 nitrogen and oxygen atoms in total. The van der Waals surface area contributed by atoms with E-state index in [1.165, 1.54) is 5.56 Å². The Morgan fingerprint density at radius 3 is 2.52 bits per heavy atom. The molecule has 1 N–H and O–H groups in total. The summed E-state index contributed by atoms with van der Waals surface area (Å²) in [5.41, 5.74) is 2.18. The zero-order valence-corrected chi connectivity index (χ0v) is 16.1. The van der Waals surface area contributed by atoms with Gasteiger partial charge in [-0.3, -0.25) is 4.90 Å². The van der Waals surface area contributed by atoms with E-state index in [0.717, 1.165) is 17.1 Å². The van der Waals surface area contributed by atoms with E-state index in [1.54, 1.807) is 6.26 Å². The molecule has 0 aliphatic carbocycles. The molecule has 0 bridgehead atoms. The third-order valence-electron chi connectivity index (χ3n) is 4.24. The number of hydrogen-bond donors (Lipinski definition) is 1. The Kier molecular flexibility index (Phi) is 6.93. The zero-order chi connectivity index (χ0) is 19.1. The molecule has 2 aromatic carbocycles. The highest BCUT2D eigenvalue weighted by Gasteiger charge is 2.16. The number of nitrogens with zero attached hydrogens (tertiary/aromatic N) is 1. The van der Waals surface area contributed by atoms with Crippen LogP contribution in [0.5, 0.6) is 5.75 Å². The van der Waals surface area contributed by atoms with Crippen molar-refractivity contribution >= 4 is 11.6 Å². The molecular formula is C22H24ClNO3. The monoisotopic (exact) mass is 385 g/mol. The van der Waals surface area contributed by atoms with E-state index in [1.807, 2.05) is 67.6 Å². The molecule has 3 rings (SSSR count). The second-order valence-electron chi connectivity index (χ2n) is 6.62. The van der Waals surface area contributed by atoms with Gasteiger partial charge in [-0.1, -0.05) is 47.5 Å². The van der Waals surface area contributed by atoms with Crippen LogP contribution in [0.3, 0.4) is 0 Å². The predicted octanol–water partition coefficient (Wildman–Crippen LogP) is 4.68. The molecule has 0 spiro atoms. The highest BCUT2D eigenvalue weighted by molar-refractivity contribution is 6.31. The van der Waals surface area contributed by atoms with Crippen LogP contribution in [0.25, 0.3) is 0 Å². The summed E-state index contributed by atoms with van der Waals surface area (Å²) in [7, 11) is 0. The number of aliphatic hydroxyl groups excluding tert-OH is 1. The van der Waals surface area contributed by atoms with Gasteiger partial charge in [0.15, 0.2) is 0 Å². The van der Waals surface area contributed by atoms with Gasteiger partial charge in [0.05, 0.1) is 12.8 Å². The van der Waals surface area contributed by atoms with Crippen molar-refractivity contribution < 1.29 is 14.3 Å². The summed E-state index contributed by atoms with van der Waals surface area (Å²) < 4.78 is 11.2. The number of aliphatic hydroxyl groups is 1. The van der Waals surface area contributed by atoms with Crippen molar-refractivity contribution in [1.29, 1.82) is 0 Å². The Morgan fingerprint density at radius 1 is 1.04 bits per heavy atom. The minimum absolute atomic E-state index is 0.222. The minimum Gasteiger partial charge on any atom is -0.491 e. The van der Waals surface area contributed by atoms with Gasteiger partial charge in [-0.25, -0.2) is 0 Å². The number of hydrogen-bond acceptors (Lipinski definition) is 4. The molecule has 0 fully saturated rings. The Bertz CT molecular complexity index is 818. The molecule has 0 amide bonds. The lowest BCUT2D eigenvalue weighted by Gasteiger charge is -2.25. The van der Waals surface area contributed by atoms with Crippen molar-refractivity contribution in [3.8, 4) is 5.75 Å². The third kappa shape index (κ3) is 6.14. The van der Waals surface area contributed by atoms with Crippen LogP contribution < -0.4 is 4.74 Å². The number of furan rings is 1. The second-order valence-corrected chi connectivity index (χ2v) is 7.03. The average Bonchev–Trinajstić information content (AvgIpc) is 3.16. The highest BCUT2D eigenvalue weighted by Crippen LogP contribution is 2.19. The summed E-state index contributed by atoms with van der Waals surface area (Å²) in [6, 6.07) is 19.3. The maximum atomic E-state index is 10.5. The SMILES string of the molecule is Cc1ccc(OCC(O)CN(Cc2ccco2)Cc2ccccc2Cl)cc1. The first-order valence-electron chi connectivity index (χ1n) is 8.96. The molecule has 0 aliphatic rings. The molecule has 0 saturated carbocycles. The summed E-state index contributed by atoms with van der Waals surface area (Å²) in [5.74, 6) is 1.59. The van der Waals surface area contributed by atoms with Crippen molar-refractivity contribution in [2.45, 2.75) is 26.1 Å². The maximum absolute atomic E-state index is 10.5. The first kappa shape index (κ1) is 19.5. The molecule has 27 heavy (non-hydrogen) atoms. The van der Waals surface area contributed by atoms with Gasteiger partial charge in [0, 0.05) is 18.1 Å². The van der Waals surface area contributed by atoms with E-state index in [-0.39, 0.29) is 6.61 Å². The lowest BCUT2D eigenvalue weighted by molar-refractivity contribution is 0.0605. The first-order valence-corrected chi connectivity index (χ1v) is 9.33. The summed E-state index contributed by atoms with van der Waals surface area (Å²) in [5, 5.41) is 11.2. The Morgan fingerprint density at radius 2 is 1.81 bits per heavy atom. The van der Waals surface area contributed by atoms with E-state index in [4.69, 9.17) is 20.8 Å². The zero-order valence-electron chi connectivity index (χ0n) is 15.3. The van der Waals surface area contributed by atoms with Gasteiger partial charge in [-0.2, -0.15) is 0 Å². The number of ether oxygens (including phenoxy) is 1. The van der Waals surface area contributed by atoms with Crippen LogP contribution in [0.15, 0.2) is 71.3 Å². The van der Waals surface area contributed by atoms with E-state index in [9.17, 15) is 5.11 Å². The van der Waals surface area contributed by atoms with Gasteiger partial charge in [0.1, 0.15) is 24.2 Å². The summed E-state index contributed by atoms with van der Waals surface area (Å²) in [6.07, 6.45) is 1.02. The summed E-state index contributed by atoms with van der Waals surface area (Å²) in [6.45, 7) is 3.89. The van der Waals surface area contributed by atoms with Crippen LogP contribution in [0.1, 0.15) is 16.9 Å². The molecule has 0 aliphatic heterocycles. The van der Waals surface area contributed by atoms with Gasteiger partial charge in [0.25, 0.3) is 0 Å². The smallest absolute Gasteiger partial charge is 0.119 e. The van der Waals surface area contributed by atoms with E-state index in [2.05, 4.69) is 4.90 Å². The van der Waals surface area contributed by atoms with Crippen LogP contribution in [0, 0.1) is 6.92 Å². The average molecular weight is 386 g/mol. The largest absolute Gasteiger partial charge is 0.491 e. The minimum atomic E-state index is -0.635. The van der Waals surface area contributed by atoms with E-state index < -0.39 is 6.10 Å². The lowest BCUT2D eigenvalue weighted by atomic mass is 10.2. The van der Waals surface area contributed by atoms with Gasteiger partial charge in [-0.05, 0) is 42.8 Å².